The molecule has 2 aromatic carbocycles. The lowest BCUT2D eigenvalue weighted by molar-refractivity contribution is 0.224. The third-order valence-electron chi connectivity index (χ3n) is 5.20. The second-order valence-electron chi connectivity index (χ2n) is 7.27. The third-order valence-corrected chi connectivity index (χ3v) is 5.43. The van der Waals surface area contributed by atoms with E-state index in [2.05, 4.69) is 9.88 Å². The molecule has 4 aromatic rings. The van der Waals surface area contributed by atoms with Crippen LogP contribution in [-0.4, -0.2) is 21.4 Å². The topological polar surface area (TPSA) is 42.2 Å². The molecule has 0 saturated carbocycles. The quantitative estimate of drug-likeness (QED) is 0.445. The number of furan rings is 1. The average molecular weight is 402 g/mol. The average Bonchev–Trinajstić information content (AvgIpc) is 3.22. The number of rotatable bonds is 4. The van der Waals surface area contributed by atoms with Crippen LogP contribution in [0, 0.1) is 0 Å². The van der Waals surface area contributed by atoms with Gasteiger partial charge in [0.15, 0.2) is 5.82 Å². The summed E-state index contributed by atoms with van der Waals surface area (Å²) in [6.45, 7) is 2.55. The molecule has 0 saturated heterocycles. The summed E-state index contributed by atoms with van der Waals surface area (Å²) >= 11 is 6.09. The summed E-state index contributed by atoms with van der Waals surface area (Å²) in [6, 6.07) is 21.9. The number of hydrogen-bond acceptors (Lipinski definition) is 4. The zero-order valence-corrected chi connectivity index (χ0v) is 16.6. The highest BCUT2D eigenvalue weighted by Gasteiger charge is 2.20. The summed E-state index contributed by atoms with van der Waals surface area (Å²) in [5, 5.41) is 0.711. The second-order valence-corrected chi connectivity index (χ2v) is 7.70. The van der Waals surface area contributed by atoms with E-state index in [1.807, 2.05) is 72.9 Å². The Morgan fingerprint density at radius 3 is 2.69 bits per heavy atom. The van der Waals surface area contributed by atoms with Crippen LogP contribution in [0.25, 0.3) is 22.7 Å². The van der Waals surface area contributed by atoms with Crippen LogP contribution in [0.1, 0.15) is 17.0 Å². The highest BCUT2D eigenvalue weighted by molar-refractivity contribution is 6.30. The van der Waals surface area contributed by atoms with E-state index in [0.717, 1.165) is 60.2 Å². The molecule has 0 N–H and O–H groups in total. The third kappa shape index (κ3) is 3.95. The Morgan fingerprint density at radius 2 is 1.83 bits per heavy atom. The normalized spacial score (nSPS) is 14.0. The summed E-state index contributed by atoms with van der Waals surface area (Å²) in [7, 11) is 0. The van der Waals surface area contributed by atoms with Gasteiger partial charge >= 0.3 is 0 Å². The Balaban J connectivity index is 1.29. The van der Waals surface area contributed by atoms with Crippen molar-refractivity contribution in [2.24, 2.45) is 0 Å². The zero-order chi connectivity index (χ0) is 19.6. The van der Waals surface area contributed by atoms with Crippen LogP contribution in [0.2, 0.25) is 5.02 Å². The molecule has 0 bridgehead atoms. The van der Waals surface area contributed by atoms with Gasteiger partial charge in [0.05, 0.1) is 12.2 Å². The van der Waals surface area contributed by atoms with Crippen molar-refractivity contribution in [1.82, 2.24) is 14.9 Å². The minimum Gasteiger partial charge on any atom is -0.460 e. The van der Waals surface area contributed by atoms with E-state index in [4.69, 9.17) is 21.0 Å². The lowest BCUT2D eigenvalue weighted by Gasteiger charge is -2.27. The molecule has 0 radical (unpaired) electrons. The van der Waals surface area contributed by atoms with Crippen molar-refractivity contribution < 1.29 is 4.42 Å². The number of halogens is 1. The number of benzene rings is 2. The Bertz CT molecular complexity index is 1140. The standard InChI is InChI=1S/C24H20ClN3O/c25-20-8-4-7-18(13-20)23-10-9-21(29-23)16-28-12-11-22-19(15-28)14-26-24(27-22)17-5-2-1-3-6-17/h1-10,13-14H,11-12,15-16H2. The largest absolute Gasteiger partial charge is 0.460 e. The van der Waals surface area contributed by atoms with Gasteiger partial charge in [-0.05, 0) is 24.3 Å². The predicted octanol–water partition coefficient (Wildman–Crippen LogP) is 5.62. The van der Waals surface area contributed by atoms with Gasteiger partial charge < -0.3 is 4.42 Å². The van der Waals surface area contributed by atoms with Gasteiger partial charge in [0, 0.05) is 47.4 Å². The van der Waals surface area contributed by atoms with Gasteiger partial charge in [0.25, 0.3) is 0 Å². The van der Waals surface area contributed by atoms with Crippen molar-refractivity contribution in [3.8, 4) is 22.7 Å². The van der Waals surface area contributed by atoms with Crippen LogP contribution >= 0.6 is 11.6 Å². The molecular formula is C24H20ClN3O. The molecule has 0 fully saturated rings. The Hall–Kier alpha value is -2.95. The van der Waals surface area contributed by atoms with E-state index in [0.29, 0.717) is 5.02 Å². The fraction of sp³-hybridized carbons (Fsp3) is 0.167. The minimum absolute atomic E-state index is 0.711. The molecule has 0 spiro atoms. The molecule has 5 heteroatoms. The maximum atomic E-state index is 6.09. The predicted molar refractivity (Wildman–Crippen MR) is 114 cm³/mol. The zero-order valence-electron chi connectivity index (χ0n) is 15.9. The smallest absolute Gasteiger partial charge is 0.159 e. The van der Waals surface area contributed by atoms with Crippen LogP contribution in [0.5, 0.6) is 0 Å². The molecule has 4 nitrogen and oxygen atoms in total. The summed E-state index contributed by atoms with van der Waals surface area (Å²) in [4.78, 5) is 11.8. The Labute approximate surface area is 174 Å². The number of fused-ring (bicyclic) bond motifs is 1. The van der Waals surface area contributed by atoms with Crippen LogP contribution in [0.4, 0.5) is 0 Å². The highest BCUT2D eigenvalue weighted by Crippen LogP contribution is 2.27. The van der Waals surface area contributed by atoms with Gasteiger partial charge in [-0.1, -0.05) is 54.1 Å². The van der Waals surface area contributed by atoms with E-state index in [1.54, 1.807) is 0 Å². The first kappa shape index (κ1) is 18.1. The minimum atomic E-state index is 0.711. The molecule has 5 rings (SSSR count). The monoisotopic (exact) mass is 401 g/mol. The van der Waals surface area contributed by atoms with Crippen LogP contribution in [0.15, 0.2) is 77.3 Å². The van der Waals surface area contributed by atoms with Crippen molar-refractivity contribution in [1.29, 1.82) is 0 Å². The molecule has 3 heterocycles. The van der Waals surface area contributed by atoms with Gasteiger partial charge in [0.1, 0.15) is 11.5 Å². The van der Waals surface area contributed by atoms with Crippen molar-refractivity contribution >= 4 is 11.6 Å². The van der Waals surface area contributed by atoms with E-state index >= 15 is 0 Å². The maximum absolute atomic E-state index is 6.09. The van der Waals surface area contributed by atoms with Gasteiger partial charge in [0.2, 0.25) is 0 Å². The van der Waals surface area contributed by atoms with Gasteiger partial charge in [-0.2, -0.15) is 0 Å². The first-order chi connectivity index (χ1) is 14.2. The Kier molecular flexibility index (Phi) is 4.88. The molecule has 0 atom stereocenters. The summed E-state index contributed by atoms with van der Waals surface area (Å²) < 4.78 is 6.06. The van der Waals surface area contributed by atoms with Crippen LogP contribution in [0.3, 0.4) is 0 Å². The van der Waals surface area contributed by atoms with Crippen molar-refractivity contribution in [2.45, 2.75) is 19.5 Å². The van der Waals surface area contributed by atoms with Crippen molar-refractivity contribution in [3.05, 3.63) is 95.0 Å². The molecule has 144 valence electrons. The molecule has 0 unspecified atom stereocenters. The Morgan fingerprint density at radius 1 is 0.966 bits per heavy atom. The molecule has 1 aliphatic rings. The first-order valence-electron chi connectivity index (χ1n) is 9.72. The summed E-state index contributed by atoms with van der Waals surface area (Å²) in [5.74, 6) is 2.59. The van der Waals surface area contributed by atoms with E-state index < -0.39 is 0 Å². The van der Waals surface area contributed by atoms with Crippen molar-refractivity contribution in [3.63, 3.8) is 0 Å². The summed E-state index contributed by atoms with van der Waals surface area (Å²) in [6.07, 6.45) is 2.88. The van der Waals surface area contributed by atoms with Gasteiger partial charge in [-0.3, -0.25) is 4.90 Å². The molecular weight excluding hydrogens is 382 g/mol. The fourth-order valence-electron chi connectivity index (χ4n) is 3.72. The fourth-order valence-corrected chi connectivity index (χ4v) is 3.91. The lowest BCUT2D eigenvalue weighted by atomic mass is 10.1. The van der Waals surface area contributed by atoms with Gasteiger partial charge in [-0.25, -0.2) is 9.97 Å². The van der Waals surface area contributed by atoms with E-state index in [9.17, 15) is 0 Å². The summed E-state index contributed by atoms with van der Waals surface area (Å²) in [5.41, 5.74) is 4.39. The lowest BCUT2D eigenvalue weighted by Crippen LogP contribution is -2.30. The van der Waals surface area contributed by atoms with Crippen LogP contribution in [-0.2, 0) is 19.5 Å². The molecule has 0 aliphatic carbocycles. The molecule has 2 aromatic heterocycles. The molecule has 1 aliphatic heterocycles. The van der Waals surface area contributed by atoms with E-state index in [-0.39, 0.29) is 0 Å². The first-order valence-corrected chi connectivity index (χ1v) is 10.1. The van der Waals surface area contributed by atoms with Crippen LogP contribution < -0.4 is 0 Å². The number of nitrogens with zero attached hydrogens (tertiary/aromatic N) is 3. The highest BCUT2D eigenvalue weighted by atomic mass is 35.5. The molecule has 29 heavy (non-hydrogen) atoms. The second kappa shape index (κ2) is 7.82. The number of hydrogen-bond donors (Lipinski definition) is 0. The maximum Gasteiger partial charge on any atom is 0.159 e. The van der Waals surface area contributed by atoms with Gasteiger partial charge in [-0.15, -0.1) is 0 Å². The van der Waals surface area contributed by atoms with Crippen molar-refractivity contribution in [2.75, 3.05) is 6.54 Å². The van der Waals surface area contributed by atoms with E-state index in [1.165, 1.54) is 5.56 Å². The molecule has 0 amide bonds. The SMILES string of the molecule is Clc1cccc(-c2ccc(CN3CCc4nc(-c5ccccc5)ncc4C3)o2)c1. The number of aromatic nitrogens is 2.